The maximum atomic E-state index is 12.1. The number of hydrogen-bond acceptors (Lipinski definition) is 3. The summed E-state index contributed by atoms with van der Waals surface area (Å²) in [7, 11) is 0. The predicted octanol–water partition coefficient (Wildman–Crippen LogP) is 1.93. The van der Waals surface area contributed by atoms with Crippen molar-refractivity contribution in [3.8, 4) is 0 Å². The summed E-state index contributed by atoms with van der Waals surface area (Å²) in [5, 5.41) is 2.96. The van der Waals surface area contributed by atoms with Crippen molar-refractivity contribution in [2.45, 2.75) is 45.7 Å². The lowest BCUT2D eigenvalue weighted by Crippen LogP contribution is -2.48. The minimum Gasteiger partial charge on any atom is -0.366 e. The maximum absolute atomic E-state index is 12.1. The highest BCUT2D eigenvalue weighted by molar-refractivity contribution is 5.77. The van der Waals surface area contributed by atoms with E-state index in [9.17, 15) is 4.79 Å². The van der Waals surface area contributed by atoms with Crippen LogP contribution in [0.3, 0.4) is 0 Å². The van der Waals surface area contributed by atoms with E-state index >= 15 is 0 Å². The number of benzene rings is 1. The van der Waals surface area contributed by atoms with Crippen LogP contribution in [0.5, 0.6) is 0 Å². The minimum absolute atomic E-state index is 0.0626. The zero-order chi connectivity index (χ0) is 15.4. The smallest absolute Gasteiger partial charge is 0.222 e. The van der Waals surface area contributed by atoms with Gasteiger partial charge in [-0.05, 0) is 37.8 Å². The number of carbonyl (C=O) groups is 1. The molecule has 1 aliphatic rings. The largest absolute Gasteiger partial charge is 0.366 e. The topological polar surface area (TPSA) is 58.4 Å². The van der Waals surface area contributed by atoms with E-state index in [-0.39, 0.29) is 18.0 Å². The molecule has 0 saturated carbocycles. The molecule has 4 nitrogen and oxygen atoms in total. The zero-order valence-electron chi connectivity index (χ0n) is 13.3. The molecule has 0 spiro atoms. The first-order valence-electron chi connectivity index (χ1n) is 7.85. The number of amides is 1. The Labute approximate surface area is 127 Å². The van der Waals surface area contributed by atoms with Gasteiger partial charge in [0.2, 0.25) is 5.91 Å². The van der Waals surface area contributed by atoms with Gasteiger partial charge < -0.3 is 16.0 Å². The van der Waals surface area contributed by atoms with Crippen molar-refractivity contribution in [1.82, 2.24) is 5.32 Å². The fourth-order valence-electron chi connectivity index (χ4n) is 3.10. The average Bonchev–Trinajstić information content (AvgIpc) is 2.43. The van der Waals surface area contributed by atoms with Crippen LogP contribution in [0.2, 0.25) is 0 Å². The first-order valence-corrected chi connectivity index (χ1v) is 7.85. The van der Waals surface area contributed by atoms with E-state index in [1.807, 2.05) is 13.8 Å². The number of nitrogens with two attached hydrogens (primary N) is 1. The summed E-state index contributed by atoms with van der Waals surface area (Å²) in [5.41, 5.74) is 8.56. The highest BCUT2D eigenvalue weighted by Crippen LogP contribution is 2.31. The molecule has 1 heterocycles. The molecule has 2 atom stereocenters. The van der Waals surface area contributed by atoms with Crippen molar-refractivity contribution in [3.63, 3.8) is 0 Å². The van der Waals surface area contributed by atoms with Gasteiger partial charge in [0, 0.05) is 37.3 Å². The monoisotopic (exact) mass is 289 g/mol. The van der Waals surface area contributed by atoms with Crippen molar-refractivity contribution >= 4 is 11.6 Å². The second-order valence-corrected chi connectivity index (χ2v) is 6.41. The number of anilines is 1. The molecule has 0 fully saturated rings. The van der Waals surface area contributed by atoms with Crippen molar-refractivity contribution < 1.29 is 4.79 Å². The molecule has 1 aliphatic heterocycles. The van der Waals surface area contributed by atoms with E-state index in [0.717, 1.165) is 13.0 Å². The summed E-state index contributed by atoms with van der Waals surface area (Å²) < 4.78 is 0. The number of hydrogen-bond donors (Lipinski definition) is 2. The SMILES string of the molecule is CC1Cc2ccccc2N(C(CN)CC(=O)NC(C)C)C1. The standard InChI is InChI=1S/C17H27N3O/c1-12(2)19-17(21)9-15(10-18)20-11-13(3)8-14-6-4-5-7-16(14)20/h4-7,12-13,15H,8-11,18H2,1-3H3,(H,19,21). The Morgan fingerprint density at radius 1 is 1.43 bits per heavy atom. The molecule has 2 unspecified atom stereocenters. The van der Waals surface area contributed by atoms with Crippen LogP contribution >= 0.6 is 0 Å². The number of rotatable bonds is 5. The van der Waals surface area contributed by atoms with Crippen LogP contribution in [0, 0.1) is 5.92 Å². The second-order valence-electron chi connectivity index (χ2n) is 6.41. The van der Waals surface area contributed by atoms with Gasteiger partial charge in [-0.15, -0.1) is 0 Å². The molecule has 0 radical (unpaired) electrons. The van der Waals surface area contributed by atoms with Crippen LogP contribution in [0.4, 0.5) is 5.69 Å². The first kappa shape index (κ1) is 15.8. The molecule has 0 saturated heterocycles. The lowest BCUT2D eigenvalue weighted by molar-refractivity contribution is -0.121. The van der Waals surface area contributed by atoms with Gasteiger partial charge in [0.1, 0.15) is 0 Å². The Hall–Kier alpha value is -1.55. The van der Waals surface area contributed by atoms with Crippen molar-refractivity contribution in [3.05, 3.63) is 29.8 Å². The lowest BCUT2D eigenvalue weighted by Gasteiger charge is -2.40. The van der Waals surface area contributed by atoms with Gasteiger partial charge in [-0.3, -0.25) is 4.79 Å². The number of nitrogens with one attached hydrogen (secondary N) is 1. The third kappa shape index (κ3) is 3.97. The van der Waals surface area contributed by atoms with Crippen LogP contribution in [-0.2, 0) is 11.2 Å². The Bertz CT molecular complexity index is 487. The molecule has 1 aromatic rings. The van der Waals surface area contributed by atoms with E-state index in [1.165, 1.54) is 11.3 Å². The molecule has 1 aromatic carbocycles. The molecule has 0 aliphatic carbocycles. The minimum atomic E-state index is 0.0626. The molecular weight excluding hydrogens is 262 g/mol. The highest BCUT2D eigenvalue weighted by atomic mass is 16.1. The first-order chi connectivity index (χ1) is 10.0. The van der Waals surface area contributed by atoms with Gasteiger partial charge in [-0.1, -0.05) is 25.1 Å². The van der Waals surface area contributed by atoms with E-state index in [4.69, 9.17) is 5.73 Å². The predicted molar refractivity (Wildman–Crippen MR) is 87.4 cm³/mol. The van der Waals surface area contributed by atoms with Gasteiger partial charge in [0.05, 0.1) is 0 Å². The Balaban J connectivity index is 2.16. The third-order valence-electron chi connectivity index (χ3n) is 3.96. The zero-order valence-corrected chi connectivity index (χ0v) is 13.3. The summed E-state index contributed by atoms with van der Waals surface area (Å²) in [4.78, 5) is 14.4. The van der Waals surface area contributed by atoms with Gasteiger partial charge in [-0.2, -0.15) is 0 Å². The van der Waals surface area contributed by atoms with Crippen LogP contribution in [-0.4, -0.2) is 31.1 Å². The van der Waals surface area contributed by atoms with Gasteiger partial charge >= 0.3 is 0 Å². The fourth-order valence-corrected chi connectivity index (χ4v) is 3.10. The van der Waals surface area contributed by atoms with Crippen LogP contribution in [0.25, 0.3) is 0 Å². The quantitative estimate of drug-likeness (QED) is 0.871. The second kappa shape index (κ2) is 6.94. The summed E-state index contributed by atoms with van der Waals surface area (Å²) in [6.07, 6.45) is 1.55. The third-order valence-corrected chi connectivity index (χ3v) is 3.96. The van der Waals surface area contributed by atoms with E-state index in [2.05, 4.69) is 41.4 Å². The molecule has 2 rings (SSSR count). The van der Waals surface area contributed by atoms with Gasteiger partial charge in [-0.25, -0.2) is 0 Å². The molecule has 3 N–H and O–H groups in total. The summed E-state index contributed by atoms with van der Waals surface area (Å²) >= 11 is 0. The lowest BCUT2D eigenvalue weighted by atomic mass is 9.92. The Morgan fingerprint density at radius 3 is 2.81 bits per heavy atom. The molecular formula is C17H27N3O. The van der Waals surface area contributed by atoms with Crippen LogP contribution < -0.4 is 16.0 Å². The number of para-hydroxylation sites is 1. The van der Waals surface area contributed by atoms with Crippen LogP contribution in [0.1, 0.15) is 32.8 Å². The van der Waals surface area contributed by atoms with Gasteiger partial charge in [0.15, 0.2) is 0 Å². The highest BCUT2D eigenvalue weighted by Gasteiger charge is 2.28. The van der Waals surface area contributed by atoms with E-state index in [1.54, 1.807) is 0 Å². The Morgan fingerprint density at radius 2 is 2.14 bits per heavy atom. The van der Waals surface area contributed by atoms with E-state index in [0.29, 0.717) is 18.9 Å². The average molecular weight is 289 g/mol. The van der Waals surface area contributed by atoms with Crippen molar-refractivity contribution in [2.75, 3.05) is 18.0 Å². The summed E-state index contributed by atoms with van der Waals surface area (Å²) in [6, 6.07) is 8.70. The molecule has 4 heteroatoms. The summed E-state index contributed by atoms with van der Waals surface area (Å²) in [6.45, 7) is 7.67. The van der Waals surface area contributed by atoms with Crippen molar-refractivity contribution in [1.29, 1.82) is 0 Å². The molecule has 21 heavy (non-hydrogen) atoms. The van der Waals surface area contributed by atoms with Crippen LogP contribution in [0.15, 0.2) is 24.3 Å². The Kier molecular flexibility index (Phi) is 5.23. The van der Waals surface area contributed by atoms with E-state index < -0.39 is 0 Å². The normalized spacial score (nSPS) is 19.3. The molecule has 0 aromatic heterocycles. The molecule has 1 amide bonds. The molecule has 116 valence electrons. The number of nitrogens with zero attached hydrogens (tertiary/aromatic N) is 1. The number of fused-ring (bicyclic) bond motifs is 1. The van der Waals surface area contributed by atoms with Crippen molar-refractivity contribution in [2.24, 2.45) is 11.7 Å². The fraction of sp³-hybridized carbons (Fsp3) is 0.588. The maximum Gasteiger partial charge on any atom is 0.222 e. The van der Waals surface area contributed by atoms with Gasteiger partial charge in [0.25, 0.3) is 0 Å². The number of carbonyl (C=O) groups excluding carboxylic acids is 1. The molecule has 0 bridgehead atoms. The summed E-state index contributed by atoms with van der Waals surface area (Å²) in [5.74, 6) is 0.665.